The molecule has 0 unspecified atom stereocenters. The second-order valence-electron chi connectivity index (χ2n) is 6.95. The van der Waals surface area contributed by atoms with Crippen molar-refractivity contribution in [3.05, 3.63) is 60.4 Å². The first-order chi connectivity index (χ1) is 14.1. The largest absolute Gasteiger partial charge is 0.338 e. The minimum absolute atomic E-state index is 0.0653. The Morgan fingerprint density at radius 1 is 1.21 bits per heavy atom. The molecule has 0 saturated carbocycles. The minimum atomic E-state index is -1.47. The highest BCUT2D eigenvalue weighted by Gasteiger charge is 2.37. The van der Waals surface area contributed by atoms with E-state index in [0.717, 1.165) is 0 Å². The number of alkyl halides is 1. The van der Waals surface area contributed by atoms with E-state index in [-0.39, 0.29) is 31.0 Å². The first-order valence-electron chi connectivity index (χ1n) is 9.21. The topological polar surface area (TPSA) is 101 Å². The molecule has 1 aliphatic rings. The van der Waals surface area contributed by atoms with Crippen LogP contribution < -0.4 is 0 Å². The number of carbonyl (C=O) groups is 1. The Bertz CT molecular complexity index is 1050. The molecular weight excluding hydrogens is 373 g/mol. The van der Waals surface area contributed by atoms with E-state index in [4.69, 9.17) is 5.26 Å². The van der Waals surface area contributed by atoms with Crippen LogP contribution in [0.3, 0.4) is 0 Å². The molecule has 3 aromatic heterocycles. The van der Waals surface area contributed by atoms with Crippen molar-refractivity contribution in [2.24, 2.45) is 0 Å². The van der Waals surface area contributed by atoms with Gasteiger partial charge in [-0.25, -0.2) is 14.4 Å². The number of piperidine rings is 1. The second-order valence-corrected chi connectivity index (χ2v) is 6.95. The van der Waals surface area contributed by atoms with Crippen LogP contribution in [-0.4, -0.2) is 54.3 Å². The number of pyridine rings is 1. The summed E-state index contributed by atoms with van der Waals surface area (Å²) in [6.07, 6.45) is 6.60. The SMILES string of the molecule is N#Cc1ccn(CC2(F)CCN(C(=O)c3cccnc3-c3ccncn3)CC2)n1. The van der Waals surface area contributed by atoms with Gasteiger partial charge in [0.15, 0.2) is 5.69 Å². The molecule has 0 atom stereocenters. The van der Waals surface area contributed by atoms with Gasteiger partial charge in [0.1, 0.15) is 23.8 Å². The normalized spacial score (nSPS) is 15.7. The number of amides is 1. The zero-order valence-corrected chi connectivity index (χ0v) is 15.6. The van der Waals surface area contributed by atoms with Crippen molar-refractivity contribution in [1.29, 1.82) is 5.26 Å². The number of hydrogen-bond acceptors (Lipinski definition) is 6. The third-order valence-electron chi connectivity index (χ3n) is 5.01. The molecule has 146 valence electrons. The standard InChI is InChI=1S/C20H18FN7O/c21-20(13-28-9-4-15(12-22)26-28)5-10-27(11-6-20)19(29)16-2-1-7-24-18(16)17-3-8-23-14-25-17/h1-4,7-9,14H,5-6,10-11,13H2. The van der Waals surface area contributed by atoms with Gasteiger partial charge < -0.3 is 4.90 Å². The highest BCUT2D eigenvalue weighted by atomic mass is 19.1. The number of halogens is 1. The number of likely N-dealkylation sites (tertiary alicyclic amines) is 1. The second kappa shape index (κ2) is 7.75. The van der Waals surface area contributed by atoms with Crippen LogP contribution in [0.5, 0.6) is 0 Å². The number of nitriles is 1. The monoisotopic (exact) mass is 391 g/mol. The molecule has 1 aliphatic heterocycles. The van der Waals surface area contributed by atoms with Crippen molar-refractivity contribution in [2.75, 3.05) is 13.1 Å². The molecule has 0 N–H and O–H groups in total. The fourth-order valence-corrected chi connectivity index (χ4v) is 3.45. The zero-order valence-electron chi connectivity index (χ0n) is 15.6. The number of hydrogen-bond donors (Lipinski definition) is 0. The van der Waals surface area contributed by atoms with Gasteiger partial charge in [0.05, 0.1) is 17.8 Å². The Labute approximate surface area is 166 Å². The molecule has 4 rings (SSSR count). The first-order valence-corrected chi connectivity index (χ1v) is 9.21. The molecule has 4 heterocycles. The van der Waals surface area contributed by atoms with Crippen molar-refractivity contribution in [3.8, 4) is 17.5 Å². The van der Waals surface area contributed by atoms with Gasteiger partial charge in [0, 0.05) is 44.5 Å². The molecule has 3 aromatic rings. The Morgan fingerprint density at radius 3 is 2.72 bits per heavy atom. The maximum Gasteiger partial charge on any atom is 0.256 e. The van der Waals surface area contributed by atoms with E-state index in [9.17, 15) is 4.79 Å². The van der Waals surface area contributed by atoms with Crippen molar-refractivity contribution in [1.82, 2.24) is 29.6 Å². The quantitative estimate of drug-likeness (QED) is 0.676. The summed E-state index contributed by atoms with van der Waals surface area (Å²) >= 11 is 0. The van der Waals surface area contributed by atoms with Gasteiger partial charge in [-0.05, 0) is 24.3 Å². The maximum absolute atomic E-state index is 15.2. The zero-order chi connectivity index (χ0) is 20.3. The summed E-state index contributed by atoms with van der Waals surface area (Å²) in [6, 6.07) is 8.59. The number of carbonyl (C=O) groups excluding carboxylic acids is 1. The molecule has 1 amide bonds. The van der Waals surface area contributed by atoms with Crippen LogP contribution in [0.1, 0.15) is 28.9 Å². The molecule has 0 aromatic carbocycles. The average Bonchev–Trinajstić information content (AvgIpc) is 3.21. The lowest BCUT2D eigenvalue weighted by Crippen LogP contribution is -2.46. The minimum Gasteiger partial charge on any atom is -0.338 e. The van der Waals surface area contributed by atoms with Crippen molar-refractivity contribution >= 4 is 5.91 Å². The van der Waals surface area contributed by atoms with E-state index in [1.54, 1.807) is 47.8 Å². The molecule has 9 heteroatoms. The lowest BCUT2D eigenvalue weighted by atomic mass is 9.92. The maximum atomic E-state index is 15.2. The Balaban J connectivity index is 1.47. The van der Waals surface area contributed by atoms with Crippen molar-refractivity contribution < 1.29 is 9.18 Å². The van der Waals surface area contributed by atoms with Gasteiger partial charge in [-0.2, -0.15) is 10.4 Å². The smallest absolute Gasteiger partial charge is 0.256 e. The fraction of sp³-hybridized carbons (Fsp3) is 0.300. The van der Waals surface area contributed by atoms with Crippen LogP contribution in [0.25, 0.3) is 11.4 Å². The molecule has 0 spiro atoms. The van der Waals surface area contributed by atoms with Gasteiger partial charge in [-0.15, -0.1) is 0 Å². The number of rotatable bonds is 4. The van der Waals surface area contributed by atoms with Crippen LogP contribution >= 0.6 is 0 Å². The van der Waals surface area contributed by atoms with E-state index in [2.05, 4.69) is 20.1 Å². The van der Waals surface area contributed by atoms with E-state index in [0.29, 0.717) is 30.0 Å². The van der Waals surface area contributed by atoms with E-state index >= 15 is 4.39 Å². The molecular formula is C20H18FN7O. The highest BCUT2D eigenvalue weighted by Crippen LogP contribution is 2.30. The lowest BCUT2D eigenvalue weighted by molar-refractivity contribution is 0.0338. The van der Waals surface area contributed by atoms with Gasteiger partial charge in [0.25, 0.3) is 5.91 Å². The summed E-state index contributed by atoms with van der Waals surface area (Å²) in [5.41, 5.74) is 0.267. The van der Waals surface area contributed by atoms with Crippen molar-refractivity contribution in [3.63, 3.8) is 0 Å². The van der Waals surface area contributed by atoms with Gasteiger partial charge in [-0.1, -0.05) is 0 Å². The number of aromatic nitrogens is 5. The van der Waals surface area contributed by atoms with Crippen LogP contribution in [0, 0.1) is 11.3 Å². The molecule has 0 aliphatic carbocycles. The van der Waals surface area contributed by atoms with Gasteiger partial charge in [0.2, 0.25) is 0 Å². The number of nitrogens with zero attached hydrogens (tertiary/aromatic N) is 7. The van der Waals surface area contributed by atoms with Crippen molar-refractivity contribution in [2.45, 2.75) is 25.1 Å². The Morgan fingerprint density at radius 2 is 2.03 bits per heavy atom. The third-order valence-corrected chi connectivity index (χ3v) is 5.01. The summed E-state index contributed by atoms with van der Waals surface area (Å²) in [6.45, 7) is 0.648. The van der Waals surface area contributed by atoms with Gasteiger partial charge in [-0.3, -0.25) is 14.5 Å². The fourth-order valence-electron chi connectivity index (χ4n) is 3.45. The summed E-state index contributed by atoms with van der Waals surface area (Å²) in [4.78, 5) is 27.1. The summed E-state index contributed by atoms with van der Waals surface area (Å²) in [5, 5.41) is 12.9. The van der Waals surface area contributed by atoms with E-state index < -0.39 is 5.67 Å². The Hall–Kier alpha value is -3.67. The Kier molecular flexibility index (Phi) is 4.99. The highest BCUT2D eigenvalue weighted by molar-refractivity contribution is 5.99. The molecule has 29 heavy (non-hydrogen) atoms. The van der Waals surface area contributed by atoms with Crippen LogP contribution in [0.4, 0.5) is 4.39 Å². The molecule has 0 radical (unpaired) electrons. The predicted octanol–water partition coefficient (Wildman–Crippen LogP) is 2.25. The molecule has 8 nitrogen and oxygen atoms in total. The average molecular weight is 391 g/mol. The predicted molar refractivity (Wildman–Crippen MR) is 101 cm³/mol. The first kappa shape index (κ1) is 18.7. The van der Waals surface area contributed by atoms with E-state index in [1.165, 1.54) is 11.0 Å². The summed E-state index contributed by atoms with van der Waals surface area (Å²) in [7, 11) is 0. The summed E-state index contributed by atoms with van der Waals surface area (Å²) < 4.78 is 16.7. The van der Waals surface area contributed by atoms with Crippen LogP contribution in [0.15, 0.2) is 49.2 Å². The summed E-state index contributed by atoms with van der Waals surface area (Å²) in [5.74, 6) is -0.195. The van der Waals surface area contributed by atoms with Crippen LogP contribution in [-0.2, 0) is 6.54 Å². The third kappa shape index (κ3) is 3.96. The molecule has 1 saturated heterocycles. The van der Waals surface area contributed by atoms with Gasteiger partial charge >= 0.3 is 0 Å². The molecule has 0 bridgehead atoms. The van der Waals surface area contributed by atoms with Crippen LogP contribution in [0.2, 0.25) is 0 Å². The van der Waals surface area contributed by atoms with E-state index in [1.807, 2.05) is 6.07 Å². The lowest BCUT2D eigenvalue weighted by Gasteiger charge is -2.36. The molecule has 1 fully saturated rings.